The lowest BCUT2D eigenvalue weighted by molar-refractivity contribution is -0.386. The molecule has 0 bridgehead atoms. The Kier molecular flexibility index (Phi) is 5.40. The minimum atomic E-state index is -0.964. The average Bonchev–Trinajstić information content (AvgIpc) is 2.53. The van der Waals surface area contributed by atoms with Gasteiger partial charge in [-0.3, -0.25) is 19.7 Å². The van der Waals surface area contributed by atoms with Gasteiger partial charge in [0, 0.05) is 16.8 Å². The van der Waals surface area contributed by atoms with Crippen LogP contribution < -0.4 is 5.32 Å². The molecule has 2 N–H and O–H groups in total. The molecule has 0 radical (unpaired) electrons. The van der Waals surface area contributed by atoms with Crippen molar-refractivity contribution in [2.75, 3.05) is 5.32 Å². The first-order valence-electron chi connectivity index (χ1n) is 8.02. The van der Waals surface area contributed by atoms with E-state index in [4.69, 9.17) is 5.11 Å². The van der Waals surface area contributed by atoms with E-state index < -0.39 is 22.7 Å². The number of anilines is 1. The second-order valence-electron chi connectivity index (χ2n) is 6.26. The van der Waals surface area contributed by atoms with E-state index in [-0.39, 0.29) is 11.3 Å². The zero-order valence-electron chi connectivity index (χ0n) is 15.0. The van der Waals surface area contributed by atoms with E-state index in [1.54, 1.807) is 58.0 Å². The number of rotatable bonds is 5. The molecule has 0 heterocycles. The maximum absolute atomic E-state index is 12.7. The number of carbonyl (C=O) groups excluding carboxylic acids is 1. The largest absolute Gasteiger partial charge is 0.481 e. The summed E-state index contributed by atoms with van der Waals surface area (Å²) in [5.41, 5.74) is 2.60. The number of hydrogen-bond donors (Lipinski definition) is 2. The van der Waals surface area contributed by atoms with E-state index in [1.807, 2.05) is 0 Å². The third kappa shape index (κ3) is 3.72. The maximum atomic E-state index is 12.7. The van der Waals surface area contributed by atoms with Gasteiger partial charge in [0.25, 0.3) is 11.6 Å². The molecule has 26 heavy (non-hydrogen) atoms. The van der Waals surface area contributed by atoms with Crippen molar-refractivity contribution in [2.24, 2.45) is 0 Å². The summed E-state index contributed by atoms with van der Waals surface area (Å²) in [5.74, 6) is -2.15. The van der Waals surface area contributed by atoms with Crippen molar-refractivity contribution in [3.8, 4) is 0 Å². The molecule has 136 valence electrons. The van der Waals surface area contributed by atoms with Crippen LogP contribution in [0.1, 0.15) is 45.5 Å². The van der Waals surface area contributed by atoms with Gasteiger partial charge in [-0.05, 0) is 57.0 Å². The van der Waals surface area contributed by atoms with Crippen molar-refractivity contribution in [3.05, 3.63) is 68.3 Å². The quantitative estimate of drug-likeness (QED) is 0.622. The number of nitro benzene ring substituents is 1. The van der Waals surface area contributed by atoms with Crippen molar-refractivity contribution in [2.45, 2.75) is 33.6 Å². The summed E-state index contributed by atoms with van der Waals surface area (Å²) in [6, 6.07) is 8.17. The van der Waals surface area contributed by atoms with E-state index in [0.717, 1.165) is 0 Å². The molecule has 0 aromatic heterocycles. The van der Waals surface area contributed by atoms with Crippen LogP contribution in [0.4, 0.5) is 11.4 Å². The minimum Gasteiger partial charge on any atom is -0.481 e. The topological polar surface area (TPSA) is 110 Å². The van der Waals surface area contributed by atoms with Crippen molar-refractivity contribution >= 4 is 23.3 Å². The van der Waals surface area contributed by atoms with Crippen molar-refractivity contribution in [1.29, 1.82) is 0 Å². The van der Waals surface area contributed by atoms with Crippen LogP contribution in [0.15, 0.2) is 30.3 Å². The SMILES string of the molecule is Cc1cc(C)c([N+](=O)[O-])c(C)c1C(=O)Nc1cccc(C(C)C(=O)O)c1. The fourth-order valence-corrected chi connectivity index (χ4v) is 3.03. The lowest BCUT2D eigenvalue weighted by atomic mass is 9.96. The van der Waals surface area contributed by atoms with Crippen molar-refractivity contribution in [3.63, 3.8) is 0 Å². The van der Waals surface area contributed by atoms with E-state index in [1.165, 1.54) is 0 Å². The first kappa shape index (κ1) is 19.1. The molecule has 0 aliphatic heterocycles. The molecule has 0 aliphatic rings. The molecule has 1 unspecified atom stereocenters. The fourth-order valence-electron chi connectivity index (χ4n) is 3.03. The summed E-state index contributed by atoms with van der Waals surface area (Å²) < 4.78 is 0. The van der Waals surface area contributed by atoms with Crippen LogP contribution in [-0.2, 0) is 4.79 Å². The number of carboxylic acids is 1. The smallest absolute Gasteiger partial charge is 0.310 e. The number of nitro groups is 1. The zero-order valence-corrected chi connectivity index (χ0v) is 15.0. The summed E-state index contributed by atoms with van der Waals surface area (Å²) in [6.07, 6.45) is 0. The van der Waals surface area contributed by atoms with Crippen LogP contribution in [0.5, 0.6) is 0 Å². The normalized spacial score (nSPS) is 11.7. The molecular formula is C19H20N2O5. The third-order valence-electron chi connectivity index (χ3n) is 4.36. The van der Waals surface area contributed by atoms with Crippen LogP contribution in [0.3, 0.4) is 0 Å². The standard InChI is InChI=1S/C19H20N2O5/c1-10-8-11(2)17(21(25)26)13(4)16(10)18(22)20-15-7-5-6-14(9-15)12(3)19(23)24/h5-9,12H,1-4H3,(H,20,22)(H,23,24). The molecule has 0 aliphatic carbocycles. The molecule has 7 heteroatoms. The van der Waals surface area contributed by atoms with Crippen LogP contribution in [0, 0.1) is 30.9 Å². The Labute approximate surface area is 150 Å². The molecular weight excluding hydrogens is 336 g/mol. The van der Waals surface area contributed by atoms with Gasteiger partial charge in [0.15, 0.2) is 0 Å². The number of benzene rings is 2. The Hall–Kier alpha value is -3.22. The molecule has 1 atom stereocenters. The number of nitrogens with zero attached hydrogens (tertiary/aromatic N) is 1. The molecule has 0 saturated heterocycles. The number of carboxylic acid groups (broad SMARTS) is 1. The number of carbonyl (C=O) groups is 2. The number of aryl methyl sites for hydroxylation is 2. The Balaban J connectivity index is 2.40. The summed E-state index contributed by atoms with van der Waals surface area (Å²) in [5, 5.41) is 23.1. The third-order valence-corrected chi connectivity index (χ3v) is 4.36. The van der Waals surface area contributed by atoms with Crippen LogP contribution in [-0.4, -0.2) is 21.9 Å². The first-order chi connectivity index (χ1) is 12.1. The molecule has 1 amide bonds. The van der Waals surface area contributed by atoms with E-state index >= 15 is 0 Å². The van der Waals surface area contributed by atoms with Gasteiger partial charge < -0.3 is 10.4 Å². The van der Waals surface area contributed by atoms with Crippen LogP contribution in [0.2, 0.25) is 0 Å². The van der Waals surface area contributed by atoms with Crippen molar-refractivity contribution < 1.29 is 19.6 Å². The summed E-state index contributed by atoms with van der Waals surface area (Å²) in [7, 11) is 0. The molecule has 0 saturated carbocycles. The summed E-state index contributed by atoms with van der Waals surface area (Å²) in [4.78, 5) is 34.6. The summed E-state index contributed by atoms with van der Waals surface area (Å²) in [6.45, 7) is 6.47. The average molecular weight is 356 g/mol. The van der Waals surface area contributed by atoms with Crippen molar-refractivity contribution in [1.82, 2.24) is 0 Å². The second kappa shape index (κ2) is 7.35. The molecule has 0 fully saturated rings. The maximum Gasteiger partial charge on any atom is 0.310 e. The van der Waals surface area contributed by atoms with E-state index in [9.17, 15) is 19.7 Å². The van der Waals surface area contributed by atoms with Gasteiger partial charge >= 0.3 is 5.97 Å². The molecule has 0 spiro atoms. The number of aliphatic carboxylic acids is 1. The van der Waals surface area contributed by atoms with Crippen LogP contribution >= 0.6 is 0 Å². The molecule has 7 nitrogen and oxygen atoms in total. The Bertz CT molecular complexity index is 905. The molecule has 2 aromatic carbocycles. The molecule has 2 aromatic rings. The minimum absolute atomic E-state index is 0.0750. The number of nitrogens with one attached hydrogen (secondary N) is 1. The monoisotopic (exact) mass is 356 g/mol. The highest BCUT2D eigenvalue weighted by molar-refractivity contribution is 6.07. The lowest BCUT2D eigenvalue weighted by Crippen LogP contribution is -2.17. The Morgan fingerprint density at radius 1 is 1.15 bits per heavy atom. The second-order valence-corrected chi connectivity index (χ2v) is 6.26. The molecule has 2 rings (SSSR count). The zero-order chi connectivity index (χ0) is 19.6. The predicted octanol–water partition coefficient (Wildman–Crippen LogP) is 3.96. The number of amides is 1. The highest BCUT2D eigenvalue weighted by atomic mass is 16.6. The van der Waals surface area contributed by atoms with Gasteiger partial charge in [0.05, 0.1) is 16.4 Å². The highest BCUT2D eigenvalue weighted by Gasteiger charge is 2.24. The fraction of sp³-hybridized carbons (Fsp3) is 0.263. The summed E-state index contributed by atoms with van der Waals surface area (Å²) >= 11 is 0. The Morgan fingerprint density at radius 2 is 1.81 bits per heavy atom. The van der Waals surface area contributed by atoms with Gasteiger partial charge in [-0.1, -0.05) is 12.1 Å². The first-order valence-corrected chi connectivity index (χ1v) is 8.02. The predicted molar refractivity (Wildman–Crippen MR) is 97.8 cm³/mol. The lowest BCUT2D eigenvalue weighted by Gasteiger charge is -2.14. The van der Waals surface area contributed by atoms with Gasteiger partial charge in [-0.15, -0.1) is 0 Å². The van der Waals surface area contributed by atoms with Crippen LogP contribution in [0.25, 0.3) is 0 Å². The van der Waals surface area contributed by atoms with E-state index in [0.29, 0.717) is 27.9 Å². The number of hydrogen-bond acceptors (Lipinski definition) is 4. The van der Waals surface area contributed by atoms with Gasteiger partial charge in [-0.25, -0.2) is 0 Å². The van der Waals surface area contributed by atoms with Gasteiger partial charge in [0.2, 0.25) is 0 Å². The van der Waals surface area contributed by atoms with Gasteiger partial charge in [0.1, 0.15) is 0 Å². The van der Waals surface area contributed by atoms with E-state index in [2.05, 4.69) is 5.32 Å². The van der Waals surface area contributed by atoms with Gasteiger partial charge in [-0.2, -0.15) is 0 Å². The highest BCUT2D eigenvalue weighted by Crippen LogP contribution is 2.29. The Morgan fingerprint density at radius 3 is 2.38 bits per heavy atom.